The number of amides is 1. The lowest BCUT2D eigenvalue weighted by Gasteiger charge is -2.29. The van der Waals surface area contributed by atoms with Crippen molar-refractivity contribution in [2.45, 2.75) is 39.2 Å². The van der Waals surface area contributed by atoms with Crippen molar-refractivity contribution in [3.63, 3.8) is 0 Å². The summed E-state index contributed by atoms with van der Waals surface area (Å²) in [5, 5.41) is 6.53. The number of fused-ring (bicyclic) bond motifs is 1. The molecule has 0 radical (unpaired) electrons. The number of hydrogen-bond acceptors (Lipinski definition) is 5. The molecular weight excluding hydrogens is 387 g/mol. The molecule has 5 nitrogen and oxygen atoms in total. The maximum absolute atomic E-state index is 14.3. The van der Waals surface area contributed by atoms with E-state index in [0.29, 0.717) is 16.7 Å². The van der Waals surface area contributed by atoms with Gasteiger partial charge in [0.05, 0.1) is 5.69 Å². The number of likely N-dealkylation sites (tertiary alicyclic amines) is 1. The molecule has 152 valence electrons. The van der Waals surface area contributed by atoms with E-state index >= 15 is 0 Å². The highest BCUT2D eigenvalue weighted by molar-refractivity contribution is 7.15. The molecule has 2 aliphatic rings. The Kier molecular flexibility index (Phi) is 6.12. The van der Waals surface area contributed by atoms with Gasteiger partial charge >= 0.3 is 0 Å². The Labute approximate surface area is 174 Å². The predicted octanol–water partition coefficient (Wildman–Crippen LogP) is 3.86. The SMILES string of the molecule is CC(=O)Nc1ncc(CN2CCC(C#Cc3cc(F)c4c(c3)CCCN4)CC2)s1. The zero-order valence-electron chi connectivity index (χ0n) is 16.6. The van der Waals surface area contributed by atoms with Crippen molar-refractivity contribution in [1.82, 2.24) is 9.88 Å². The number of carbonyl (C=O) groups excluding carboxylic acids is 1. The largest absolute Gasteiger partial charge is 0.382 e. The summed E-state index contributed by atoms with van der Waals surface area (Å²) >= 11 is 1.52. The molecule has 0 unspecified atom stereocenters. The summed E-state index contributed by atoms with van der Waals surface area (Å²) in [5.41, 5.74) is 2.47. The third kappa shape index (κ3) is 5.14. The van der Waals surface area contributed by atoms with Gasteiger partial charge in [-0.1, -0.05) is 11.8 Å². The standard InChI is InChI=1S/C22H25FN4OS/c1-15(28)26-22-25-13-19(29-22)14-27-9-6-16(7-10-27)4-5-17-11-18-3-2-8-24-21(18)20(23)12-17/h11-13,16,24H,2-3,6-10,14H2,1H3,(H,25,26,28). The van der Waals surface area contributed by atoms with E-state index < -0.39 is 0 Å². The molecule has 0 atom stereocenters. The van der Waals surface area contributed by atoms with E-state index in [1.54, 1.807) is 6.07 Å². The summed E-state index contributed by atoms with van der Waals surface area (Å²) in [7, 11) is 0. The summed E-state index contributed by atoms with van der Waals surface area (Å²) in [5.74, 6) is 6.63. The van der Waals surface area contributed by atoms with Crippen molar-refractivity contribution in [2.75, 3.05) is 30.3 Å². The second kappa shape index (κ2) is 8.93. The fourth-order valence-electron chi connectivity index (χ4n) is 3.85. The van der Waals surface area contributed by atoms with Crippen LogP contribution in [0.15, 0.2) is 18.3 Å². The number of halogens is 1. The first-order valence-electron chi connectivity index (χ1n) is 10.1. The Morgan fingerprint density at radius 2 is 2.24 bits per heavy atom. The van der Waals surface area contributed by atoms with Crippen molar-refractivity contribution in [2.24, 2.45) is 5.92 Å². The van der Waals surface area contributed by atoms with Gasteiger partial charge in [-0.3, -0.25) is 9.69 Å². The second-order valence-corrected chi connectivity index (χ2v) is 8.77. The average Bonchev–Trinajstić information content (AvgIpc) is 3.13. The van der Waals surface area contributed by atoms with Crippen molar-refractivity contribution < 1.29 is 9.18 Å². The fraction of sp³-hybridized carbons (Fsp3) is 0.455. The molecule has 1 aromatic heterocycles. The molecule has 4 rings (SSSR count). The normalized spacial score (nSPS) is 17.0. The number of rotatable bonds is 3. The monoisotopic (exact) mass is 412 g/mol. The van der Waals surface area contributed by atoms with Crippen molar-refractivity contribution in [3.8, 4) is 11.8 Å². The smallest absolute Gasteiger partial charge is 0.223 e. The number of thiazole rings is 1. The summed E-state index contributed by atoms with van der Waals surface area (Å²) in [6, 6.07) is 3.58. The van der Waals surface area contributed by atoms with Crippen molar-refractivity contribution >= 4 is 28.1 Å². The van der Waals surface area contributed by atoms with Crippen LogP contribution in [-0.4, -0.2) is 35.4 Å². The zero-order chi connectivity index (χ0) is 20.2. The average molecular weight is 413 g/mol. The van der Waals surface area contributed by atoms with Crippen LogP contribution in [-0.2, 0) is 17.8 Å². The van der Waals surface area contributed by atoms with Gasteiger partial charge in [0, 0.05) is 42.6 Å². The molecule has 1 amide bonds. The molecule has 1 saturated heterocycles. The van der Waals surface area contributed by atoms with Crippen LogP contribution >= 0.6 is 11.3 Å². The lowest BCUT2D eigenvalue weighted by molar-refractivity contribution is -0.114. The van der Waals surface area contributed by atoms with Crippen molar-refractivity contribution in [3.05, 3.63) is 40.2 Å². The first-order chi connectivity index (χ1) is 14.1. The molecule has 2 aliphatic heterocycles. The first-order valence-corrected chi connectivity index (χ1v) is 10.9. The Hall–Kier alpha value is -2.43. The third-order valence-corrected chi connectivity index (χ3v) is 6.22. The minimum atomic E-state index is -0.190. The van der Waals surface area contributed by atoms with Gasteiger partial charge in [-0.15, -0.1) is 11.3 Å². The molecule has 29 heavy (non-hydrogen) atoms. The van der Waals surface area contributed by atoms with Crippen LogP contribution in [0.5, 0.6) is 0 Å². The summed E-state index contributed by atoms with van der Waals surface area (Å²) in [6.07, 6.45) is 5.81. The van der Waals surface area contributed by atoms with Crippen LogP contribution in [0.3, 0.4) is 0 Å². The highest BCUT2D eigenvalue weighted by Gasteiger charge is 2.19. The second-order valence-electron chi connectivity index (χ2n) is 7.66. The molecule has 0 aliphatic carbocycles. The zero-order valence-corrected chi connectivity index (χ0v) is 17.4. The van der Waals surface area contributed by atoms with E-state index in [0.717, 1.165) is 67.9 Å². The molecule has 1 aromatic carbocycles. The highest BCUT2D eigenvalue weighted by atomic mass is 32.1. The Morgan fingerprint density at radius 3 is 3.03 bits per heavy atom. The number of piperidine rings is 1. The lowest BCUT2D eigenvalue weighted by atomic mass is 9.96. The minimum Gasteiger partial charge on any atom is -0.382 e. The number of hydrogen-bond donors (Lipinski definition) is 2. The molecule has 7 heteroatoms. The number of carbonyl (C=O) groups is 1. The Morgan fingerprint density at radius 1 is 1.41 bits per heavy atom. The van der Waals surface area contributed by atoms with Crippen LogP contribution in [0, 0.1) is 23.6 Å². The van der Waals surface area contributed by atoms with Gasteiger partial charge in [-0.25, -0.2) is 9.37 Å². The molecule has 0 bridgehead atoms. The van der Waals surface area contributed by atoms with E-state index in [2.05, 4.69) is 32.4 Å². The van der Waals surface area contributed by atoms with E-state index in [1.807, 2.05) is 12.3 Å². The summed E-state index contributed by atoms with van der Waals surface area (Å²) in [4.78, 5) is 18.9. The van der Waals surface area contributed by atoms with Gasteiger partial charge in [-0.2, -0.15) is 0 Å². The number of nitrogens with one attached hydrogen (secondary N) is 2. The molecular formula is C22H25FN4OS. The number of nitrogens with zero attached hydrogens (tertiary/aromatic N) is 2. The first kappa shape index (κ1) is 19.9. The third-order valence-electron chi connectivity index (χ3n) is 5.32. The van der Waals surface area contributed by atoms with Crippen LogP contribution in [0.1, 0.15) is 42.2 Å². The van der Waals surface area contributed by atoms with Crippen LogP contribution in [0.2, 0.25) is 0 Å². The Balaban J connectivity index is 1.31. The number of aryl methyl sites for hydroxylation is 1. The maximum Gasteiger partial charge on any atom is 0.223 e. The van der Waals surface area contributed by atoms with Gasteiger partial charge < -0.3 is 10.6 Å². The molecule has 1 fully saturated rings. The lowest BCUT2D eigenvalue weighted by Crippen LogP contribution is -2.32. The van der Waals surface area contributed by atoms with E-state index in [1.165, 1.54) is 18.3 Å². The van der Waals surface area contributed by atoms with Gasteiger partial charge in [0.15, 0.2) is 5.13 Å². The molecule has 0 saturated carbocycles. The van der Waals surface area contributed by atoms with Gasteiger partial charge in [0.1, 0.15) is 5.82 Å². The van der Waals surface area contributed by atoms with E-state index in [4.69, 9.17) is 0 Å². The highest BCUT2D eigenvalue weighted by Crippen LogP contribution is 2.27. The molecule has 0 spiro atoms. The summed E-state index contributed by atoms with van der Waals surface area (Å²) < 4.78 is 14.3. The minimum absolute atomic E-state index is 0.0969. The number of anilines is 2. The number of aromatic nitrogens is 1. The van der Waals surface area contributed by atoms with Crippen LogP contribution in [0.25, 0.3) is 0 Å². The maximum atomic E-state index is 14.3. The Bertz CT molecular complexity index is 953. The fourth-order valence-corrected chi connectivity index (χ4v) is 4.75. The van der Waals surface area contributed by atoms with Gasteiger partial charge in [0.25, 0.3) is 0 Å². The van der Waals surface area contributed by atoms with Crippen molar-refractivity contribution in [1.29, 1.82) is 0 Å². The summed E-state index contributed by atoms with van der Waals surface area (Å²) in [6.45, 7) is 5.14. The van der Waals surface area contributed by atoms with E-state index in [9.17, 15) is 9.18 Å². The topological polar surface area (TPSA) is 57.3 Å². The number of benzene rings is 1. The molecule has 3 heterocycles. The molecule has 2 aromatic rings. The molecule has 2 N–H and O–H groups in total. The van der Waals surface area contributed by atoms with Crippen LogP contribution < -0.4 is 10.6 Å². The van der Waals surface area contributed by atoms with Gasteiger partial charge in [0.2, 0.25) is 5.91 Å². The quantitative estimate of drug-likeness (QED) is 0.752. The van der Waals surface area contributed by atoms with E-state index in [-0.39, 0.29) is 11.7 Å². The van der Waals surface area contributed by atoms with Crippen LogP contribution in [0.4, 0.5) is 15.2 Å². The van der Waals surface area contributed by atoms with Gasteiger partial charge in [-0.05, 0) is 56.5 Å². The predicted molar refractivity (Wildman–Crippen MR) is 115 cm³/mol.